The number of piperidine rings is 1. The maximum atomic E-state index is 12.6. The second kappa shape index (κ2) is 8.77. The fraction of sp³-hybridized carbons (Fsp3) is 0.348. The van der Waals surface area contributed by atoms with Crippen LogP contribution in [0.5, 0.6) is 0 Å². The Morgan fingerprint density at radius 1 is 1.28 bits per heavy atom. The lowest BCUT2D eigenvalue weighted by Crippen LogP contribution is -2.36. The van der Waals surface area contributed by atoms with Gasteiger partial charge in [0, 0.05) is 56.1 Å². The Balaban J connectivity index is 1.46. The molecule has 0 aromatic carbocycles. The summed E-state index contributed by atoms with van der Waals surface area (Å²) in [5.41, 5.74) is 3.23. The maximum Gasteiger partial charge on any atom is 0.253 e. The van der Waals surface area contributed by atoms with E-state index in [1.807, 2.05) is 12.3 Å². The molecule has 1 amide bonds. The van der Waals surface area contributed by atoms with Gasteiger partial charge in [0.15, 0.2) is 0 Å². The molecule has 0 radical (unpaired) electrons. The summed E-state index contributed by atoms with van der Waals surface area (Å²) in [7, 11) is 0. The zero-order valence-electron chi connectivity index (χ0n) is 17.7. The van der Waals surface area contributed by atoms with Crippen LogP contribution in [0, 0.1) is 11.3 Å². The minimum absolute atomic E-state index is 0.173. The Kier molecular flexibility index (Phi) is 5.52. The first-order chi connectivity index (χ1) is 15.7. The van der Waals surface area contributed by atoms with Crippen LogP contribution >= 0.6 is 0 Å². The molecule has 0 atom stereocenters. The van der Waals surface area contributed by atoms with Gasteiger partial charge in [0.25, 0.3) is 5.91 Å². The number of likely N-dealkylation sites (tertiary alicyclic amines) is 1. The lowest BCUT2D eigenvalue weighted by Gasteiger charge is -2.33. The number of hydrogen-bond donors (Lipinski definition) is 2. The van der Waals surface area contributed by atoms with Crippen molar-refractivity contribution in [3.63, 3.8) is 0 Å². The number of aromatic nitrogens is 5. The molecule has 4 aromatic rings. The number of amides is 1. The van der Waals surface area contributed by atoms with E-state index >= 15 is 0 Å². The summed E-state index contributed by atoms with van der Waals surface area (Å²) >= 11 is 0. The maximum absolute atomic E-state index is 12.6. The summed E-state index contributed by atoms with van der Waals surface area (Å²) in [5, 5.41) is 12.9. The Morgan fingerprint density at radius 3 is 2.94 bits per heavy atom. The van der Waals surface area contributed by atoms with Crippen LogP contribution in [-0.4, -0.2) is 54.9 Å². The van der Waals surface area contributed by atoms with E-state index in [9.17, 15) is 4.79 Å². The third-order valence-electron chi connectivity index (χ3n) is 6.10. The molecule has 5 heterocycles. The minimum Gasteiger partial charge on any atom is -0.346 e. The minimum atomic E-state index is -0.173. The number of hydrogen-bond acceptors (Lipinski definition) is 6. The zero-order valence-corrected chi connectivity index (χ0v) is 17.7. The standard InChI is InChI=1S/C23H24N8O/c24-7-2-10-30-11-5-17(6-12-30)31-20(15-28-23(32)16-3-1-8-25-13-16)29-19-14-27-22-18(21(19)31)4-9-26-22/h1,3-4,8-9,13-14,17H,2,5-6,10-12,15H2,(H,26,27)(H,28,32). The molecule has 1 aliphatic heterocycles. The summed E-state index contributed by atoms with van der Waals surface area (Å²) in [6.07, 6.45) is 9.38. The summed E-state index contributed by atoms with van der Waals surface area (Å²) in [6.45, 7) is 3.01. The van der Waals surface area contributed by atoms with E-state index in [1.54, 1.807) is 30.7 Å². The van der Waals surface area contributed by atoms with Gasteiger partial charge in [0.1, 0.15) is 17.0 Å². The van der Waals surface area contributed by atoms with Crippen molar-refractivity contribution >= 4 is 28.0 Å². The number of fused-ring (bicyclic) bond motifs is 3. The smallest absolute Gasteiger partial charge is 0.253 e. The van der Waals surface area contributed by atoms with Crippen LogP contribution in [0.15, 0.2) is 43.0 Å². The largest absolute Gasteiger partial charge is 0.346 e. The van der Waals surface area contributed by atoms with Crippen LogP contribution in [0.4, 0.5) is 0 Å². The van der Waals surface area contributed by atoms with Crippen molar-refractivity contribution in [1.29, 1.82) is 5.26 Å². The molecule has 0 bridgehead atoms. The second-order valence-electron chi connectivity index (χ2n) is 8.04. The van der Waals surface area contributed by atoms with Crippen molar-refractivity contribution in [2.75, 3.05) is 19.6 Å². The van der Waals surface area contributed by atoms with E-state index in [1.165, 1.54) is 0 Å². The highest BCUT2D eigenvalue weighted by Crippen LogP contribution is 2.32. The number of carbonyl (C=O) groups excluding carboxylic acids is 1. The molecule has 162 valence electrons. The summed E-state index contributed by atoms with van der Waals surface area (Å²) in [5.74, 6) is 0.649. The Hall–Kier alpha value is -3.77. The number of pyridine rings is 2. The molecule has 5 rings (SSSR count). The fourth-order valence-corrected chi connectivity index (χ4v) is 4.53. The van der Waals surface area contributed by atoms with E-state index in [4.69, 9.17) is 10.2 Å². The quantitative estimate of drug-likeness (QED) is 0.488. The first-order valence-corrected chi connectivity index (χ1v) is 10.8. The fourth-order valence-electron chi connectivity index (χ4n) is 4.53. The number of imidazole rings is 1. The van der Waals surface area contributed by atoms with E-state index in [2.05, 4.69) is 35.8 Å². The number of carbonyl (C=O) groups is 1. The molecule has 1 saturated heterocycles. The van der Waals surface area contributed by atoms with Gasteiger partial charge in [0.2, 0.25) is 0 Å². The average Bonchev–Trinajstić information content (AvgIpc) is 3.46. The highest BCUT2D eigenvalue weighted by molar-refractivity contribution is 6.01. The molecule has 0 aliphatic carbocycles. The molecule has 1 aliphatic rings. The SMILES string of the molecule is N#CCCN1CCC(n2c(CNC(=O)c3cccnc3)nc3cnc4[nH]ccc4c32)CC1. The van der Waals surface area contributed by atoms with Crippen LogP contribution in [0.25, 0.3) is 22.1 Å². The highest BCUT2D eigenvalue weighted by Gasteiger charge is 2.26. The molecule has 32 heavy (non-hydrogen) atoms. The lowest BCUT2D eigenvalue weighted by atomic mass is 10.0. The van der Waals surface area contributed by atoms with Gasteiger partial charge in [-0.1, -0.05) is 0 Å². The first kappa shape index (κ1) is 20.2. The molecule has 0 spiro atoms. The zero-order chi connectivity index (χ0) is 21.9. The Bertz CT molecular complexity index is 1280. The van der Waals surface area contributed by atoms with Crippen LogP contribution < -0.4 is 5.32 Å². The number of rotatable bonds is 6. The van der Waals surface area contributed by atoms with Crippen molar-refractivity contribution in [2.24, 2.45) is 0 Å². The van der Waals surface area contributed by atoms with Gasteiger partial charge in [0.05, 0.1) is 29.9 Å². The van der Waals surface area contributed by atoms with Crippen molar-refractivity contribution in [1.82, 2.24) is 34.7 Å². The summed E-state index contributed by atoms with van der Waals surface area (Å²) < 4.78 is 2.29. The Labute approximate surface area is 185 Å². The van der Waals surface area contributed by atoms with Crippen molar-refractivity contribution in [3.8, 4) is 6.07 Å². The van der Waals surface area contributed by atoms with Crippen LogP contribution in [-0.2, 0) is 6.54 Å². The predicted octanol–water partition coefficient (Wildman–Crippen LogP) is 2.79. The number of nitrogens with one attached hydrogen (secondary N) is 2. The van der Waals surface area contributed by atoms with Gasteiger partial charge in [-0.05, 0) is 31.0 Å². The van der Waals surface area contributed by atoms with Gasteiger partial charge >= 0.3 is 0 Å². The topological polar surface area (TPSA) is 116 Å². The highest BCUT2D eigenvalue weighted by atomic mass is 16.1. The summed E-state index contributed by atoms with van der Waals surface area (Å²) in [6, 6.07) is 8.03. The number of aromatic amines is 1. The number of H-pyrrole nitrogens is 1. The van der Waals surface area contributed by atoms with Gasteiger partial charge in [-0.15, -0.1) is 0 Å². The number of nitriles is 1. The van der Waals surface area contributed by atoms with E-state index in [0.717, 1.165) is 60.4 Å². The molecular weight excluding hydrogens is 404 g/mol. The van der Waals surface area contributed by atoms with Crippen molar-refractivity contribution in [2.45, 2.75) is 31.8 Å². The molecule has 9 nitrogen and oxygen atoms in total. The van der Waals surface area contributed by atoms with Crippen LogP contribution in [0.2, 0.25) is 0 Å². The van der Waals surface area contributed by atoms with E-state index in [0.29, 0.717) is 18.5 Å². The molecule has 2 N–H and O–H groups in total. The second-order valence-corrected chi connectivity index (χ2v) is 8.04. The van der Waals surface area contributed by atoms with Crippen molar-refractivity contribution < 1.29 is 4.79 Å². The third kappa shape index (κ3) is 3.81. The lowest BCUT2D eigenvalue weighted by molar-refractivity contribution is 0.0948. The normalized spacial score (nSPS) is 15.2. The van der Waals surface area contributed by atoms with Crippen LogP contribution in [0.1, 0.15) is 41.5 Å². The first-order valence-electron chi connectivity index (χ1n) is 10.8. The van der Waals surface area contributed by atoms with Gasteiger partial charge in [-0.3, -0.25) is 9.78 Å². The van der Waals surface area contributed by atoms with Gasteiger partial charge in [-0.25, -0.2) is 9.97 Å². The van der Waals surface area contributed by atoms with Gasteiger partial charge in [-0.2, -0.15) is 5.26 Å². The monoisotopic (exact) mass is 428 g/mol. The Morgan fingerprint density at radius 2 is 2.16 bits per heavy atom. The predicted molar refractivity (Wildman–Crippen MR) is 120 cm³/mol. The third-order valence-corrected chi connectivity index (χ3v) is 6.10. The number of nitrogens with zero attached hydrogens (tertiary/aromatic N) is 6. The summed E-state index contributed by atoms with van der Waals surface area (Å²) in [4.78, 5) is 31.5. The molecule has 4 aromatic heterocycles. The molecule has 0 unspecified atom stereocenters. The molecule has 0 saturated carbocycles. The van der Waals surface area contributed by atoms with Gasteiger partial charge < -0.3 is 19.8 Å². The molecular formula is C23H24N8O. The van der Waals surface area contributed by atoms with Crippen molar-refractivity contribution in [3.05, 3.63) is 54.4 Å². The van der Waals surface area contributed by atoms with E-state index in [-0.39, 0.29) is 11.9 Å². The van der Waals surface area contributed by atoms with E-state index < -0.39 is 0 Å². The molecule has 1 fully saturated rings. The van der Waals surface area contributed by atoms with Crippen LogP contribution in [0.3, 0.4) is 0 Å². The molecule has 9 heteroatoms. The average molecular weight is 429 g/mol.